The molecule has 2 aliphatic heterocycles. The molecule has 0 radical (unpaired) electrons. The second-order valence-corrected chi connectivity index (χ2v) is 11.4. The smallest absolute Gasteiger partial charge is 0.224 e. The van der Waals surface area contributed by atoms with Gasteiger partial charge in [-0.1, -0.05) is 13.0 Å². The standard InChI is InChI=1S/C20H28N6O2S/c1-19(2)10-14-20(3,12-28-19)13-11-22-18(21-4)24-17(13)26(14)16-9-7-8-15(23-16)25-29(5,6)27/h7-9,11,14H,10,12H2,1-6H3,(H,21,22,24)/t14-,20-/m1/s1. The highest BCUT2D eigenvalue weighted by Gasteiger charge is 2.55. The fraction of sp³-hybridized carbons (Fsp3) is 0.550. The SMILES string of the molecule is CNc1ncc2c(n1)N(c1cccc(N=S(C)(C)=O)n1)[C@@H]1CC(C)(C)OC[C@]21C. The maximum atomic E-state index is 12.2. The average molecular weight is 417 g/mol. The van der Waals surface area contributed by atoms with Gasteiger partial charge in [-0.2, -0.15) is 9.35 Å². The molecule has 8 nitrogen and oxygen atoms in total. The van der Waals surface area contributed by atoms with Crippen molar-refractivity contribution in [3.05, 3.63) is 30.0 Å². The van der Waals surface area contributed by atoms with Crippen LogP contribution in [-0.4, -0.2) is 57.0 Å². The lowest BCUT2D eigenvalue weighted by atomic mass is 9.73. The summed E-state index contributed by atoms with van der Waals surface area (Å²) in [6.45, 7) is 7.01. The number of nitrogens with one attached hydrogen (secondary N) is 1. The second-order valence-electron chi connectivity index (χ2n) is 8.86. The lowest BCUT2D eigenvalue weighted by Crippen LogP contribution is -2.54. The number of aromatic nitrogens is 3. The van der Waals surface area contributed by atoms with Crippen LogP contribution in [-0.2, 0) is 19.9 Å². The van der Waals surface area contributed by atoms with Gasteiger partial charge in [-0.15, -0.1) is 0 Å². The zero-order valence-electron chi connectivity index (χ0n) is 17.8. The molecule has 2 aliphatic rings. The topological polar surface area (TPSA) is 92.6 Å². The molecule has 0 aliphatic carbocycles. The van der Waals surface area contributed by atoms with E-state index in [1.165, 1.54) is 0 Å². The van der Waals surface area contributed by atoms with Crippen molar-refractivity contribution in [3.63, 3.8) is 0 Å². The number of nitrogens with zero attached hydrogens (tertiary/aromatic N) is 5. The van der Waals surface area contributed by atoms with Gasteiger partial charge in [0.25, 0.3) is 0 Å². The van der Waals surface area contributed by atoms with Crippen LogP contribution in [0.4, 0.5) is 23.4 Å². The number of fused-ring (bicyclic) bond motifs is 3. The Morgan fingerprint density at radius 1 is 1.28 bits per heavy atom. The number of rotatable bonds is 3. The highest BCUT2D eigenvalue weighted by atomic mass is 32.2. The average Bonchev–Trinajstić information content (AvgIpc) is 2.87. The van der Waals surface area contributed by atoms with Crippen molar-refractivity contribution < 1.29 is 8.95 Å². The van der Waals surface area contributed by atoms with Gasteiger partial charge in [-0.05, 0) is 32.4 Å². The summed E-state index contributed by atoms with van der Waals surface area (Å²) in [6, 6.07) is 5.73. The Hall–Kier alpha value is -2.26. The largest absolute Gasteiger partial charge is 0.374 e. The lowest BCUT2D eigenvalue weighted by molar-refractivity contribution is -0.0893. The Bertz CT molecular complexity index is 1070. The third-order valence-electron chi connectivity index (χ3n) is 5.61. The summed E-state index contributed by atoms with van der Waals surface area (Å²) >= 11 is 0. The Labute approximate surface area is 172 Å². The molecular weight excluding hydrogens is 388 g/mol. The summed E-state index contributed by atoms with van der Waals surface area (Å²) in [7, 11) is -0.500. The summed E-state index contributed by atoms with van der Waals surface area (Å²) in [4.78, 5) is 16.1. The van der Waals surface area contributed by atoms with Crippen molar-refractivity contribution >= 4 is 33.1 Å². The molecule has 0 amide bonds. The van der Waals surface area contributed by atoms with E-state index in [1.54, 1.807) is 25.6 Å². The zero-order valence-corrected chi connectivity index (χ0v) is 18.6. The van der Waals surface area contributed by atoms with Crippen molar-refractivity contribution in [2.24, 2.45) is 4.36 Å². The van der Waals surface area contributed by atoms with Gasteiger partial charge in [0.1, 0.15) is 11.6 Å². The molecule has 156 valence electrons. The predicted molar refractivity (Wildman–Crippen MR) is 116 cm³/mol. The first kappa shape index (κ1) is 20.0. The van der Waals surface area contributed by atoms with Crippen LogP contribution in [0.15, 0.2) is 28.8 Å². The summed E-state index contributed by atoms with van der Waals surface area (Å²) in [5.74, 6) is 2.59. The van der Waals surface area contributed by atoms with Crippen LogP contribution in [0, 0.1) is 0 Å². The Morgan fingerprint density at radius 2 is 2.03 bits per heavy atom. The van der Waals surface area contributed by atoms with E-state index in [-0.39, 0.29) is 17.1 Å². The van der Waals surface area contributed by atoms with Crippen LogP contribution < -0.4 is 10.2 Å². The van der Waals surface area contributed by atoms with Gasteiger partial charge in [-0.25, -0.2) is 14.2 Å². The number of anilines is 3. The fourth-order valence-electron chi connectivity index (χ4n) is 4.14. The number of ether oxygens (including phenoxy) is 1. The van der Waals surface area contributed by atoms with Gasteiger partial charge in [0, 0.05) is 46.5 Å². The normalized spacial score (nSPS) is 25.3. The van der Waals surface area contributed by atoms with Crippen LogP contribution in [0.2, 0.25) is 0 Å². The van der Waals surface area contributed by atoms with Gasteiger partial charge >= 0.3 is 0 Å². The lowest BCUT2D eigenvalue weighted by Gasteiger charge is -2.46. The van der Waals surface area contributed by atoms with Crippen molar-refractivity contribution in [1.29, 1.82) is 0 Å². The van der Waals surface area contributed by atoms with Crippen LogP contribution in [0.1, 0.15) is 32.8 Å². The van der Waals surface area contributed by atoms with Crippen molar-refractivity contribution in [3.8, 4) is 0 Å². The summed E-state index contributed by atoms with van der Waals surface area (Å²) < 4.78 is 22.6. The quantitative estimate of drug-likeness (QED) is 0.821. The van der Waals surface area contributed by atoms with E-state index < -0.39 is 9.73 Å². The molecule has 2 aromatic rings. The molecule has 0 saturated carbocycles. The molecule has 0 spiro atoms. The number of hydrogen-bond acceptors (Lipinski definition) is 8. The Balaban J connectivity index is 1.90. The van der Waals surface area contributed by atoms with E-state index in [0.717, 1.165) is 23.6 Å². The van der Waals surface area contributed by atoms with E-state index in [4.69, 9.17) is 14.7 Å². The Kier molecular flexibility index (Phi) is 4.58. The molecule has 1 N–H and O–H groups in total. The number of hydrogen-bond donors (Lipinski definition) is 1. The van der Waals surface area contributed by atoms with E-state index in [9.17, 15) is 4.21 Å². The van der Waals surface area contributed by atoms with Crippen LogP contribution in [0.5, 0.6) is 0 Å². The van der Waals surface area contributed by atoms with Crippen LogP contribution in [0.25, 0.3) is 0 Å². The first-order valence-electron chi connectivity index (χ1n) is 9.65. The van der Waals surface area contributed by atoms with Crippen molar-refractivity contribution in [2.45, 2.75) is 44.2 Å². The molecule has 1 saturated heterocycles. The van der Waals surface area contributed by atoms with Gasteiger partial charge < -0.3 is 15.0 Å². The van der Waals surface area contributed by atoms with Gasteiger partial charge in [0.05, 0.1) is 18.2 Å². The van der Waals surface area contributed by atoms with Crippen molar-refractivity contribution in [1.82, 2.24) is 15.0 Å². The molecule has 1 fully saturated rings. The summed E-state index contributed by atoms with van der Waals surface area (Å²) in [5, 5.41) is 3.02. The minimum Gasteiger partial charge on any atom is -0.374 e. The molecule has 2 atom stereocenters. The minimum absolute atomic E-state index is 0.109. The fourth-order valence-corrected chi connectivity index (χ4v) is 4.69. The van der Waals surface area contributed by atoms with Crippen LogP contribution in [0.3, 0.4) is 0 Å². The molecule has 4 rings (SSSR count). The van der Waals surface area contributed by atoms with Crippen LogP contribution >= 0.6 is 0 Å². The summed E-state index contributed by atoms with van der Waals surface area (Å²) in [6.07, 6.45) is 5.92. The van der Waals surface area contributed by atoms with E-state index in [2.05, 4.69) is 40.3 Å². The predicted octanol–water partition coefficient (Wildman–Crippen LogP) is 3.25. The molecule has 0 aromatic carbocycles. The first-order chi connectivity index (χ1) is 13.5. The van der Waals surface area contributed by atoms with Crippen molar-refractivity contribution in [2.75, 3.05) is 36.4 Å². The second kappa shape index (κ2) is 6.63. The molecule has 29 heavy (non-hydrogen) atoms. The monoisotopic (exact) mass is 416 g/mol. The summed E-state index contributed by atoms with van der Waals surface area (Å²) in [5.41, 5.74) is 0.540. The number of pyridine rings is 1. The molecule has 0 bridgehead atoms. The third-order valence-corrected chi connectivity index (χ3v) is 6.24. The zero-order chi connectivity index (χ0) is 21.0. The van der Waals surface area contributed by atoms with E-state index >= 15 is 0 Å². The molecule has 0 unspecified atom stereocenters. The van der Waals surface area contributed by atoms with Gasteiger partial charge in [0.2, 0.25) is 5.95 Å². The minimum atomic E-state index is -2.30. The highest BCUT2D eigenvalue weighted by Crippen LogP contribution is 2.52. The maximum Gasteiger partial charge on any atom is 0.224 e. The third kappa shape index (κ3) is 3.57. The van der Waals surface area contributed by atoms with Gasteiger partial charge in [0.15, 0.2) is 5.82 Å². The highest BCUT2D eigenvalue weighted by molar-refractivity contribution is 7.92. The maximum absolute atomic E-state index is 12.2. The molecule has 2 aromatic heterocycles. The Morgan fingerprint density at radius 3 is 2.72 bits per heavy atom. The molecule has 4 heterocycles. The van der Waals surface area contributed by atoms with E-state index in [0.29, 0.717) is 18.4 Å². The van der Waals surface area contributed by atoms with Gasteiger partial charge in [-0.3, -0.25) is 0 Å². The van der Waals surface area contributed by atoms with E-state index in [1.807, 2.05) is 18.3 Å². The first-order valence-corrected chi connectivity index (χ1v) is 12.0. The molecular formula is C20H28N6O2S. The molecule has 9 heteroatoms.